The van der Waals surface area contributed by atoms with Crippen LogP contribution >= 0.6 is 0 Å². The number of nitrogens with one attached hydrogen (secondary N) is 1. The highest BCUT2D eigenvalue weighted by atomic mass is 16.5. The zero-order chi connectivity index (χ0) is 13.7. The zero-order valence-electron chi connectivity index (χ0n) is 11.2. The van der Waals surface area contributed by atoms with Crippen molar-refractivity contribution in [1.82, 2.24) is 0 Å². The van der Waals surface area contributed by atoms with Crippen LogP contribution in [0.5, 0.6) is 5.75 Å². The van der Waals surface area contributed by atoms with E-state index in [9.17, 15) is 5.11 Å². The first-order chi connectivity index (χ1) is 9.19. The molecular weight excluding hydrogens is 242 g/mol. The number of anilines is 1. The van der Waals surface area contributed by atoms with Gasteiger partial charge < -0.3 is 20.9 Å². The van der Waals surface area contributed by atoms with Gasteiger partial charge in [-0.2, -0.15) is 0 Å². The molecule has 0 saturated heterocycles. The fraction of sp³-hybridized carbons (Fsp3) is 0.500. The minimum absolute atomic E-state index is 0.225. The second-order valence-corrected chi connectivity index (χ2v) is 4.84. The van der Waals surface area contributed by atoms with Gasteiger partial charge >= 0.3 is 0 Å². The van der Waals surface area contributed by atoms with E-state index in [2.05, 4.69) is 10.3 Å². The van der Waals surface area contributed by atoms with Gasteiger partial charge in [0.15, 0.2) is 5.96 Å². The Balaban J connectivity index is 1.86. The third-order valence-corrected chi connectivity index (χ3v) is 3.48. The van der Waals surface area contributed by atoms with Crippen molar-refractivity contribution in [3.05, 3.63) is 24.3 Å². The van der Waals surface area contributed by atoms with Gasteiger partial charge in [-0.05, 0) is 37.1 Å². The molecule has 104 valence electrons. The number of aliphatic hydroxyl groups excluding tert-OH is 1. The van der Waals surface area contributed by atoms with Gasteiger partial charge in [0.1, 0.15) is 5.75 Å². The lowest BCUT2D eigenvalue weighted by molar-refractivity contribution is 0.137. The Morgan fingerprint density at radius 1 is 1.42 bits per heavy atom. The van der Waals surface area contributed by atoms with Crippen LogP contribution in [-0.4, -0.2) is 30.8 Å². The van der Waals surface area contributed by atoms with Gasteiger partial charge in [0.25, 0.3) is 0 Å². The number of aliphatic imine (C=N–C) groups is 1. The Morgan fingerprint density at radius 2 is 2.16 bits per heavy atom. The molecular formula is C14H21N3O2. The third kappa shape index (κ3) is 3.86. The van der Waals surface area contributed by atoms with Crippen molar-refractivity contribution in [3.8, 4) is 5.75 Å². The smallest absolute Gasteiger partial charge is 0.193 e. The summed E-state index contributed by atoms with van der Waals surface area (Å²) in [4.78, 5) is 4.29. The second kappa shape index (κ2) is 6.43. The molecule has 0 amide bonds. The number of methoxy groups -OCH3 is 1. The molecule has 0 aliphatic heterocycles. The molecule has 0 bridgehead atoms. The van der Waals surface area contributed by atoms with E-state index in [0.29, 0.717) is 12.5 Å². The van der Waals surface area contributed by atoms with Crippen LogP contribution in [-0.2, 0) is 0 Å². The molecule has 2 rings (SSSR count). The van der Waals surface area contributed by atoms with Gasteiger partial charge in [0.05, 0.1) is 13.2 Å². The maximum absolute atomic E-state index is 9.70. The molecule has 0 heterocycles. The first kappa shape index (κ1) is 13.7. The van der Waals surface area contributed by atoms with Crippen LogP contribution in [0.4, 0.5) is 5.69 Å². The minimum atomic E-state index is -0.225. The van der Waals surface area contributed by atoms with E-state index in [1.165, 1.54) is 0 Å². The van der Waals surface area contributed by atoms with E-state index in [4.69, 9.17) is 10.5 Å². The number of nitrogens with zero attached hydrogens (tertiary/aromatic N) is 1. The number of benzene rings is 1. The quantitative estimate of drug-likeness (QED) is 0.569. The predicted molar refractivity (Wildman–Crippen MR) is 76.5 cm³/mol. The number of ether oxygens (including phenoxy) is 1. The van der Waals surface area contributed by atoms with Crippen molar-refractivity contribution < 1.29 is 9.84 Å². The molecule has 5 heteroatoms. The highest BCUT2D eigenvalue weighted by molar-refractivity contribution is 5.92. The molecule has 1 saturated carbocycles. The van der Waals surface area contributed by atoms with Crippen molar-refractivity contribution >= 4 is 11.6 Å². The lowest BCUT2D eigenvalue weighted by Crippen LogP contribution is -2.25. The molecule has 1 aliphatic carbocycles. The molecule has 1 aliphatic rings. The Labute approximate surface area is 113 Å². The number of guanidine groups is 1. The topological polar surface area (TPSA) is 79.9 Å². The monoisotopic (exact) mass is 263 g/mol. The average Bonchev–Trinajstić information content (AvgIpc) is 2.83. The minimum Gasteiger partial charge on any atom is -0.497 e. The van der Waals surface area contributed by atoms with Crippen LogP contribution in [0, 0.1) is 5.92 Å². The van der Waals surface area contributed by atoms with Crippen LogP contribution in [0.15, 0.2) is 29.3 Å². The van der Waals surface area contributed by atoms with Crippen LogP contribution in [0.1, 0.15) is 19.3 Å². The Kier molecular flexibility index (Phi) is 4.63. The maximum atomic E-state index is 9.70. The van der Waals surface area contributed by atoms with Crippen LogP contribution in [0.25, 0.3) is 0 Å². The van der Waals surface area contributed by atoms with Crippen LogP contribution < -0.4 is 15.8 Å². The summed E-state index contributed by atoms with van der Waals surface area (Å²) in [5.74, 6) is 1.43. The number of hydrogen-bond acceptors (Lipinski definition) is 3. The van der Waals surface area contributed by atoms with Crippen molar-refractivity contribution in [1.29, 1.82) is 0 Å². The Hall–Kier alpha value is -1.75. The Morgan fingerprint density at radius 3 is 2.74 bits per heavy atom. The standard InChI is InChI=1S/C14H21N3O2/c1-19-12-7-5-11(6-8-12)17-14(15)16-9-10-3-2-4-13(10)18/h5-8,10,13,18H,2-4,9H2,1H3,(H3,15,16,17). The molecule has 0 radical (unpaired) electrons. The van der Waals surface area contributed by atoms with Gasteiger partial charge in [0.2, 0.25) is 0 Å². The van der Waals surface area contributed by atoms with E-state index in [1.54, 1.807) is 7.11 Å². The van der Waals surface area contributed by atoms with E-state index in [-0.39, 0.29) is 12.0 Å². The summed E-state index contributed by atoms with van der Waals surface area (Å²) in [5.41, 5.74) is 6.70. The highest BCUT2D eigenvalue weighted by Crippen LogP contribution is 2.25. The lowest BCUT2D eigenvalue weighted by atomic mass is 10.1. The summed E-state index contributed by atoms with van der Waals surface area (Å²) in [6, 6.07) is 7.48. The molecule has 19 heavy (non-hydrogen) atoms. The van der Waals surface area contributed by atoms with E-state index >= 15 is 0 Å². The van der Waals surface area contributed by atoms with Gasteiger partial charge in [-0.1, -0.05) is 6.42 Å². The van der Waals surface area contributed by atoms with Gasteiger partial charge in [-0.15, -0.1) is 0 Å². The van der Waals surface area contributed by atoms with Gasteiger partial charge in [0, 0.05) is 18.2 Å². The van der Waals surface area contributed by atoms with Crippen molar-refractivity contribution in [3.63, 3.8) is 0 Å². The fourth-order valence-electron chi connectivity index (χ4n) is 2.31. The maximum Gasteiger partial charge on any atom is 0.193 e. The van der Waals surface area contributed by atoms with E-state index in [1.807, 2.05) is 24.3 Å². The molecule has 1 aromatic rings. The first-order valence-electron chi connectivity index (χ1n) is 6.58. The summed E-state index contributed by atoms with van der Waals surface area (Å²) >= 11 is 0. The third-order valence-electron chi connectivity index (χ3n) is 3.48. The Bertz CT molecular complexity index is 431. The summed E-state index contributed by atoms with van der Waals surface area (Å²) in [6.45, 7) is 0.580. The molecule has 2 unspecified atom stereocenters. The number of rotatable bonds is 4. The van der Waals surface area contributed by atoms with Crippen LogP contribution in [0.2, 0.25) is 0 Å². The zero-order valence-corrected chi connectivity index (χ0v) is 11.2. The number of hydrogen-bond donors (Lipinski definition) is 3. The largest absolute Gasteiger partial charge is 0.497 e. The molecule has 1 fully saturated rings. The second-order valence-electron chi connectivity index (χ2n) is 4.84. The van der Waals surface area contributed by atoms with Gasteiger partial charge in [-0.3, -0.25) is 4.99 Å². The summed E-state index contributed by atoms with van der Waals surface area (Å²) in [5, 5.41) is 12.7. The normalized spacial score (nSPS) is 23.4. The molecule has 5 nitrogen and oxygen atoms in total. The number of nitrogens with two attached hydrogens (primary N) is 1. The molecule has 0 spiro atoms. The van der Waals surface area contributed by atoms with Crippen molar-refractivity contribution in [2.24, 2.45) is 16.6 Å². The fourth-order valence-corrected chi connectivity index (χ4v) is 2.31. The molecule has 4 N–H and O–H groups in total. The van der Waals surface area contributed by atoms with Crippen molar-refractivity contribution in [2.45, 2.75) is 25.4 Å². The molecule has 2 atom stereocenters. The average molecular weight is 263 g/mol. The van der Waals surface area contributed by atoms with E-state index in [0.717, 1.165) is 30.7 Å². The van der Waals surface area contributed by atoms with Gasteiger partial charge in [-0.25, -0.2) is 0 Å². The molecule has 1 aromatic carbocycles. The SMILES string of the molecule is COc1ccc(NC(N)=NCC2CCCC2O)cc1. The van der Waals surface area contributed by atoms with E-state index < -0.39 is 0 Å². The summed E-state index contributed by atoms with van der Waals surface area (Å²) in [7, 11) is 1.63. The van der Waals surface area contributed by atoms with Crippen LogP contribution in [0.3, 0.4) is 0 Å². The summed E-state index contributed by atoms with van der Waals surface area (Å²) < 4.78 is 5.08. The summed E-state index contributed by atoms with van der Waals surface area (Å²) in [6.07, 6.45) is 2.76. The molecule has 0 aromatic heterocycles. The number of aliphatic hydroxyl groups is 1. The first-order valence-corrected chi connectivity index (χ1v) is 6.58. The predicted octanol–water partition coefficient (Wildman–Crippen LogP) is 1.58. The van der Waals surface area contributed by atoms with Crippen molar-refractivity contribution in [2.75, 3.05) is 19.0 Å². The lowest BCUT2D eigenvalue weighted by Gasteiger charge is -2.12. The highest BCUT2D eigenvalue weighted by Gasteiger charge is 2.24.